The van der Waals surface area contributed by atoms with E-state index in [0.29, 0.717) is 5.75 Å². The van der Waals surface area contributed by atoms with Gasteiger partial charge in [-0.3, -0.25) is 0 Å². The standard InChI is InChI=1S/C18H23BNO6.2CH3.Sn.H/c1-6-24-15(21)13(20-17(23)26-18(3,4)5)9-12-8-7-11(2)14(10-12)25-16(19)22;;;;/h7,10,13H,6,9H2,1-5H3,(H,20,23);2*1H3;;. The van der Waals surface area contributed by atoms with Gasteiger partial charge in [-0.25, -0.2) is 0 Å². The van der Waals surface area contributed by atoms with Gasteiger partial charge in [-0.05, 0) is 0 Å². The molecule has 0 bridgehead atoms. The first kappa shape index (κ1) is 25.3. The van der Waals surface area contributed by atoms with Crippen LogP contribution in [0.1, 0.15) is 38.8 Å². The quantitative estimate of drug-likeness (QED) is 0.448. The molecular weight excluding hydrogens is 480 g/mol. The van der Waals surface area contributed by atoms with Gasteiger partial charge in [0.05, 0.1) is 0 Å². The summed E-state index contributed by atoms with van der Waals surface area (Å²) in [4.78, 5) is 40.4. The predicted octanol–water partition coefficient (Wildman–Crippen LogP) is 2.35. The summed E-state index contributed by atoms with van der Waals surface area (Å²) in [5, 5.41) is 2.60. The molecule has 0 saturated carbocycles. The fourth-order valence-corrected chi connectivity index (χ4v) is 7.15. The molecule has 0 aromatic heterocycles. The Morgan fingerprint density at radius 1 is 1.21 bits per heavy atom. The van der Waals surface area contributed by atoms with Crippen molar-refractivity contribution in [2.24, 2.45) is 0 Å². The minimum absolute atomic E-state index is 0.186. The van der Waals surface area contributed by atoms with Crippen molar-refractivity contribution in [2.45, 2.75) is 62.6 Å². The van der Waals surface area contributed by atoms with Crippen molar-refractivity contribution >= 4 is 49.1 Å². The minimum atomic E-state index is -2.03. The van der Waals surface area contributed by atoms with Crippen LogP contribution in [-0.4, -0.2) is 63.8 Å². The second kappa shape index (κ2) is 10.9. The van der Waals surface area contributed by atoms with Crippen molar-refractivity contribution in [3.8, 4) is 5.75 Å². The van der Waals surface area contributed by atoms with Crippen LogP contribution in [0.15, 0.2) is 12.1 Å². The van der Waals surface area contributed by atoms with Crippen LogP contribution >= 0.6 is 0 Å². The fourth-order valence-electron chi connectivity index (χ4n) is 2.79. The molecule has 1 unspecified atom stereocenters. The van der Waals surface area contributed by atoms with E-state index in [9.17, 15) is 14.4 Å². The van der Waals surface area contributed by atoms with Crippen molar-refractivity contribution in [3.63, 3.8) is 0 Å². The van der Waals surface area contributed by atoms with E-state index in [1.807, 2.05) is 13.0 Å². The molecule has 1 aromatic carbocycles. The molecular formula is C20H30BNO6Sn. The molecule has 1 N–H and O–H groups in total. The summed E-state index contributed by atoms with van der Waals surface area (Å²) in [6.45, 7) is 8.94. The van der Waals surface area contributed by atoms with Gasteiger partial charge in [0.2, 0.25) is 0 Å². The first-order valence-corrected chi connectivity index (χ1v) is 17.8. The number of nitrogens with one attached hydrogen (secondary N) is 1. The van der Waals surface area contributed by atoms with Crippen molar-refractivity contribution in [2.75, 3.05) is 6.61 Å². The van der Waals surface area contributed by atoms with Crippen LogP contribution in [0, 0.1) is 6.92 Å². The first-order valence-electron chi connectivity index (χ1n) is 9.60. The van der Waals surface area contributed by atoms with E-state index < -0.39 is 49.3 Å². The molecule has 1 amide bonds. The van der Waals surface area contributed by atoms with Crippen molar-refractivity contribution in [3.05, 3.63) is 23.3 Å². The molecule has 1 aromatic rings. The van der Waals surface area contributed by atoms with Crippen LogP contribution in [0.2, 0.25) is 9.88 Å². The molecule has 0 aliphatic heterocycles. The number of rotatable bonds is 7. The summed E-state index contributed by atoms with van der Waals surface area (Å²) in [7, 11) is 5.16. The van der Waals surface area contributed by atoms with Crippen molar-refractivity contribution in [1.82, 2.24) is 5.32 Å². The zero-order valence-corrected chi connectivity index (χ0v) is 21.5. The number of carbonyl (C=O) groups excluding carboxylic acids is 3. The second-order valence-electron chi connectivity index (χ2n) is 8.05. The first-order chi connectivity index (χ1) is 13.3. The van der Waals surface area contributed by atoms with Gasteiger partial charge in [0, 0.05) is 0 Å². The van der Waals surface area contributed by atoms with Gasteiger partial charge in [0.25, 0.3) is 0 Å². The van der Waals surface area contributed by atoms with E-state index >= 15 is 0 Å². The zero-order valence-electron chi connectivity index (χ0n) is 18.3. The molecule has 2 radical (unpaired) electrons. The van der Waals surface area contributed by atoms with Gasteiger partial charge in [-0.2, -0.15) is 0 Å². The summed E-state index contributed by atoms with van der Waals surface area (Å²) in [6, 6.07) is 2.76. The van der Waals surface area contributed by atoms with E-state index in [1.165, 1.54) is 3.58 Å². The van der Waals surface area contributed by atoms with Crippen molar-refractivity contribution < 1.29 is 28.6 Å². The number of hydrogen-bond donors (Lipinski definition) is 1. The molecule has 0 spiro atoms. The van der Waals surface area contributed by atoms with Crippen LogP contribution < -0.4 is 13.6 Å². The Hall–Kier alpha value is -1.71. The normalized spacial score (nSPS) is 12.3. The third-order valence-corrected chi connectivity index (χ3v) is 9.04. The summed E-state index contributed by atoms with van der Waals surface area (Å²) < 4.78 is 16.7. The number of esters is 1. The number of carbonyl (C=O) groups is 3. The molecule has 0 aliphatic rings. The molecule has 29 heavy (non-hydrogen) atoms. The SMILES string of the molecule is [B]C(=O)Oc1cc(CC(NC(=O)OC(C)(C)C)C(=O)OCC)[c]([SnH]([CH3])[CH3])cc1C. The van der Waals surface area contributed by atoms with Crippen LogP contribution in [0.5, 0.6) is 5.75 Å². The van der Waals surface area contributed by atoms with Crippen LogP contribution in [0.25, 0.3) is 0 Å². The summed E-state index contributed by atoms with van der Waals surface area (Å²) >= 11 is -2.03. The fraction of sp³-hybridized carbons (Fsp3) is 0.550. The van der Waals surface area contributed by atoms with Crippen LogP contribution in [0.3, 0.4) is 0 Å². The van der Waals surface area contributed by atoms with Crippen molar-refractivity contribution in [1.29, 1.82) is 0 Å². The maximum atomic E-state index is 12.5. The monoisotopic (exact) mass is 511 g/mol. The Kier molecular flexibility index (Phi) is 9.52. The number of amides is 1. The molecule has 0 fully saturated rings. The summed E-state index contributed by atoms with van der Waals surface area (Å²) in [5.74, 6) is -1.13. The zero-order chi connectivity index (χ0) is 22.4. The summed E-state index contributed by atoms with van der Waals surface area (Å²) in [5.41, 5.74) is 0.919. The molecule has 0 saturated heterocycles. The number of ether oxygens (including phenoxy) is 3. The van der Waals surface area contributed by atoms with Gasteiger partial charge in [-0.1, -0.05) is 0 Å². The number of alkyl carbamates (subject to hydrolysis) is 1. The second-order valence-corrected chi connectivity index (χ2v) is 16.4. The Bertz CT molecular complexity index is 760. The molecule has 0 aliphatic carbocycles. The number of aryl methyl sites for hydroxylation is 1. The van der Waals surface area contributed by atoms with Gasteiger partial charge in [0.15, 0.2) is 0 Å². The van der Waals surface area contributed by atoms with E-state index in [2.05, 4.69) is 15.2 Å². The summed E-state index contributed by atoms with van der Waals surface area (Å²) in [6.07, 6.45) is -0.511. The van der Waals surface area contributed by atoms with Gasteiger partial charge >= 0.3 is 181 Å². The average Bonchev–Trinajstić information content (AvgIpc) is 2.54. The van der Waals surface area contributed by atoms with E-state index in [1.54, 1.807) is 33.8 Å². The third kappa shape index (κ3) is 8.68. The topological polar surface area (TPSA) is 90.9 Å². The average molecular weight is 510 g/mol. The van der Waals surface area contributed by atoms with Crippen LogP contribution in [-0.2, 0) is 20.7 Å². The van der Waals surface area contributed by atoms with E-state index in [0.717, 1.165) is 11.1 Å². The third-order valence-electron chi connectivity index (χ3n) is 3.96. The van der Waals surface area contributed by atoms with Crippen LogP contribution in [0.4, 0.5) is 9.59 Å². The number of hydrogen-bond acceptors (Lipinski definition) is 6. The number of benzene rings is 1. The van der Waals surface area contributed by atoms with Gasteiger partial charge in [-0.15, -0.1) is 0 Å². The predicted molar refractivity (Wildman–Crippen MR) is 115 cm³/mol. The Morgan fingerprint density at radius 3 is 2.31 bits per heavy atom. The molecule has 7 nitrogen and oxygen atoms in total. The van der Waals surface area contributed by atoms with E-state index in [4.69, 9.17) is 22.1 Å². The molecule has 1 rings (SSSR count). The van der Waals surface area contributed by atoms with Gasteiger partial charge < -0.3 is 0 Å². The van der Waals surface area contributed by atoms with E-state index in [-0.39, 0.29) is 13.0 Å². The molecule has 1 atom stereocenters. The molecule has 9 heteroatoms. The Labute approximate surface area is 181 Å². The Morgan fingerprint density at radius 2 is 1.83 bits per heavy atom. The van der Waals surface area contributed by atoms with Gasteiger partial charge in [0.1, 0.15) is 0 Å². The molecule has 158 valence electrons. The molecule has 0 heterocycles. The maximum absolute atomic E-state index is 12.5. The Balaban J connectivity index is 3.26.